The number of rotatable bonds is 6. The summed E-state index contributed by atoms with van der Waals surface area (Å²) in [4.78, 5) is 12.8. The molecule has 3 aromatic rings. The Labute approximate surface area is 199 Å². The van der Waals surface area contributed by atoms with E-state index in [-0.39, 0.29) is 16.6 Å². The molecule has 10 heteroatoms. The molecule has 0 atom stereocenters. The number of aryl methyl sites for hydroxylation is 2. The summed E-state index contributed by atoms with van der Waals surface area (Å²) in [5, 5.41) is 2.76. The first-order valence-corrected chi connectivity index (χ1v) is 13.8. The van der Waals surface area contributed by atoms with Crippen molar-refractivity contribution in [3.05, 3.63) is 83.4 Å². The van der Waals surface area contributed by atoms with Crippen molar-refractivity contribution in [1.82, 2.24) is 0 Å². The van der Waals surface area contributed by atoms with Gasteiger partial charge in [-0.15, -0.1) is 0 Å². The Kier molecular flexibility index (Phi) is 6.37. The number of anilines is 3. The fourth-order valence-corrected chi connectivity index (χ4v) is 6.69. The molecule has 0 saturated carbocycles. The molecule has 1 aliphatic heterocycles. The molecule has 0 spiro atoms. The summed E-state index contributed by atoms with van der Waals surface area (Å²) in [7, 11) is -7.03. The van der Waals surface area contributed by atoms with Crippen LogP contribution in [0, 0.1) is 13.8 Å². The predicted octanol–water partition coefficient (Wildman–Crippen LogP) is 3.90. The first kappa shape index (κ1) is 23.8. The number of amides is 1. The predicted molar refractivity (Wildman–Crippen MR) is 133 cm³/mol. The third-order valence-electron chi connectivity index (χ3n) is 5.54. The number of hydrogen-bond acceptors (Lipinski definition) is 5. The van der Waals surface area contributed by atoms with Crippen molar-refractivity contribution in [3.8, 4) is 0 Å². The molecule has 34 heavy (non-hydrogen) atoms. The summed E-state index contributed by atoms with van der Waals surface area (Å²) in [5.41, 5.74) is 3.26. The maximum atomic E-state index is 12.8. The Morgan fingerprint density at radius 2 is 1.56 bits per heavy atom. The van der Waals surface area contributed by atoms with Gasteiger partial charge in [0.1, 0.15) is 0 Å². The van der Waals surface area contributed by atoms with Crippen molar-refractivity contribution < 1.29 is 21.6 Å². The Morgan fingerprint density at radius 1 is 0.912 bits per heavy atom. The van der Waals surface area contributed by atoms with E-state index in [1.165, 1.54) is 28.6 Å². The van der Waals surface area contributed by atoms with E-state index in [4.69, 9.17) is 0 Å². The van der Waals surface area contributed by atoms with Crippen LogP contribution < -0.4 is 14.3 Å². The minimum Gasteiger partial charge on any atom is -0.322 e. The van der Waals surface area contributed by atoms with Crippen LogP contribution in [0.5, 0.6) is 0 Å². The van der Waals surface area contributed by atoms with E-state index in [0.717, 1.165) is 5.56 Å². The van der Waals surface area contributed by atoms with Crippen molar-refractivity contribution in [3.63, 3.8) is 0 Å². The number of nitrogens with one attached hydrogen (secondary N) is 2. The van der Waals surface area contributed by atoms with Gasteiger partial charge in [0, 0.05) is 23.5 Å². The van der Waals surface area contributed by atoms with Gasteiger partial charge in [-0.3, -0.25) is 13.8 Å². The molecule has 1 amide bonds. The van der Waals surface area contributed by atoms with Crippen molar-refractivity contribution >= 4 is 43.0 Å². The molecule has 0 bridgehead atoms. The summed E-state index contributed by atoms with van der Waals surface area (Å²) in [5.74, 6) is -0.229. The van der Waals surface area contributed by atoms with Crippen LogP contribution in [0.1, 0.15) is 27.9 Å². The normalized spacial score (nSPS) is 15.2. The summed E-state index contributed by atoms with van der Waals surface area (Å²) in [6, 6.07) is 17.9. The van der Waals surface area contributed by atoms with Crippen LogP contribution in [-0.4, -0.2) is 35.0 Å². The van der Waals surface area contributed by atoms with Crippen molar-refractivity contribution in [2.75, 3.05) is 26.6 Å². The molecule has 1 aliphatic rings. The highest BCUT2D eigenvalue weighted by Crippen LogP contribution is 2.26. The Morgan fingerprint density at radius 3 is 2.18 bits per heavy atom. The lowest BCUT2D eigenvalue weighted by Crippen LogP contribution is -2.24. The monoisotopic (exact) mass is 499 g/mol. The number of hydrogen-bond donors (Lipinski definition) is 2. The highest BCUT2D eigenvalue weighted by atomic mass is 32.2. The second kappa shape index (κ2) is 9.11. The van der Waals surface area contributed by atoms with Gasteiger partial charge in [0.15, 0.2) is 0 Å². The minimum atomic E-state index is -3.77. The molecular weight excluding hydrogens is 474 g/mol. The molecular formula is C24H25N3O5S2. The quantitative estimate of drug-likeness (QED) is 0.534. The highest BCUT2D eigenvalue weighted by molar-refractivity contribution is 7.93. The zero-order valence-corrected chi connectivity index (χ0v) is 20.4. The number of benzene rings is 3. The van der Waals surface area contributed by atoms with Gasteiger partial charge in [-0.1, -0.05) is 12.1 Å². The number of nitrogens with zero attached hydrogens (tertiary/aromatic N) is 1. The molecule has 1 heterocycles. The van der Waals surface area contributed by atoms with E-state index in [9.17, 15) is 21.6 Å². The van der Waals surface area contributed by atoms with Crippen molar-refractivity contribution in [2.24, 2.45) is 0 Å². The first-order chi connectivity index (χ1) is 16.0. The molecule has 1 fully saturated rings. The Balaban J connectivity index is 1.43. The van der Waals surface area contributed by atoms with E-state index in [1.807, 2.05) is 13.0 Å². The maximum absolute atomic E-state index is 12.8. The van der Waals surface area contributed by atoms with E-state index in [0.29, 0.717) is 41.2 Å². The van der Waals surface area contributed by atoms with Gasteiger partial charge >= 0.3 is 0 Å². The average molecular weight is 500 g/mol. The molecule has 0 aromatic heterocycles. The van der Waals surface area contributed by atoms with Crippen LogP contribution in [0.3, 0.4) is 0 Å². The van der Waals surface area contributed by atoms with Crippen LogP contribution in [0.4, 0.5) is 17.1 Å². The fraction of sp³-hybridized carbons (Fsp3) is 0.208. The standard InChI is InChI=1S/C24H25N3O5S2/c1-17-4-5-18(2)23(16-17)34(31,32)26-21-8-6-19(7-9-21)24(28)25-20-10-12-22(13-11-20)27-14-3-15-33(27,29)30/h4-13,16,26H,3,14-15H2,1-2H3,(H,25,28). The lowest BCUT2D eigenvalue weighted by atomic mass is 10.2. The zero-order valence-electron chi connectivity index (χ0n) is 18.8. The first-order valence-electron chi connectivity index (χ1n) is 10.7. The van der Waals surface area contributed by atoms with E-state index in [2.05, 4.69) is 10.0 Å². The van der Waals surface area contributed by atoms with Crippen LogP contribution in [-0.2, 0) is 20.0 Å². The largest absolute Gasteiger partial charge is 0.322 e. The van der Waals surface area contributed by atoms with Crippen LogP contribution in [0.15, 0.2) is 71.6 Å². The second-order valence-electron chi connectivity index (χ2n) is 8.19. The summed E-state index contributed by atoms with van der Waals surface area (Å²) >= 11 is 0. The molecule has 1 saturated heterocycles. The third-order valence-corrected chi connectivity index (χ3v) is 8.94. The molecule has 178 valence electrons. The molecule has 0 aliphatic carbocycles. The third kappa shape index (κ3) is 5.07. The summed E-state index contributed by atoms with van der Waals surface area (Å²) in [6.07, 6.45) is 0.595. The van der Waals surface area contributed by atoms with E-state index < -0.39 is 20.0 Å². The number of carbonyl (C=O) groups excluding carboxylic acids is 1. The lowest BCUT2D eigenvalue weighted by Gasteiger charge is -2.17. The van der Waals surface area contributed by atoms with Crippen LogP contribution in [0.2, 0.25) is 0 Å². The minimum absolute atomic E-state index is 0.141. The average Bonchev–Trinajstić information content (AvgIpc) is 3.15. The number of carbonyl (C=O) groups is 1. The van der Waals surface area contributed by atoms with Gasteiger partial charge in [0.25, 0.3) is 15.9 Å². The number of sulfonamides is 2. The molecule has 4 rings (SSSR count). The summed E-state index contributed by atoms with van der Waals surface area (Å²) in [6.45, 7) is 4.01. The van der Waals surface area contributed by atoms with Gasteiger partial charge in [0.05, 0.1) is 16.3 Å². The topological polar surface area (TPSA) is 113 Å². The molecule has 0 unspecified atom stereocenters. The van der Waals surface area contributed by atoms with E-state index in [1.54, 1.807) is 43.3 Å². The molecule has 3 aromatic carbocycles. The SMILES string of the molecule is Cc1ccc(C)c(S(=O)(=O)Nc2ccc(C(=O)Nc3ccc(N4CCCS4(=O)=O)cc3)cc2)c1. The van der Waals surface area contributed by atoms with Gasteiger partial charge in [0.2, 0.25) is 10.0 Å². The smallest absolute Gasteiger partial charge is 0.262 e. The summed E-state index contributed by atoms with van der Waals surface area (Å²) < 4.78 is 53.5. The molecule has 8 nitrogen and oxygen atoms in total. The van der Waals surface area contributed by atoms with Crippen molar-refractivity contribution in [2.45, 2.75) is 25.2 Å². The van der Waals surface area contributed by atoms with Gasteiger partial charge in [-0.05, 0) is 86.0 Å². The van der Waals surface area contributed by atoms with Gasteiger partial charge in [-0.25, -0.2) is 16.8 Å². The van der Waals surface area contributed by atoms with Crippen LogP contribution >= 0.6 is 0 Å². The van der Waals surface area contributed by atoms with Gasteiger partial charge < -0.3 is 5.32 Å². The maximum Gasteiger partial charge on any atom is 0.262 e. The van der Waals surface area contributed by atoms with E-state index >= 15 is 0 Å². The van der Waals surface area contributed by atoms with Crippen LogP contribution in [0.25, 0.3) is 0 Å². The lowest BCUT2D eigenvalue weighted by molar-refractivity contribution is 0.102. The van der Waals surface area contributed by atoms with Gasteiger partial charge in [-0.2, -0.15) is 0 Å². The zero-order chi connectivity index (χ0) is 24.5. The Hall–Kier alpha value is -3.37. The Bertz CT molecular complexity index is 1430. The second-order valence-corrected chi connectivity index (χ2v) is 11.9. The molecule has 0 radical (unpaired) electrons. The van der Waals surface area contributed by atoms with Crippen molar-refractivity contribution in [1.29, 1.82) is 0 Å². The molecule has 2 N–H and O–H groups in total. The fourth-order valence-electron chi connectivity index (χ4n) is 3.74. The highest BCUT2D eigenvalue weighted by Gasteiger charge is 2.28.